The van der Waals surface area contributed by atoms with E-state index in [9.17, 15) is 4.79 Å². The highest BCUT2D eigenvalue weighted by Gasteiger charge is 2.18. The summed E-state index contributed by atoms with van der Waals surface area (Å²) < 4.78 is 6.55. The second-order valence-corrected chi connectivity index (χ2v) is 5.12. The Morgan fingerprint density at radius 1 is 1.29 bits per heavy atom. The van der Waals surface area contributed by atoms with Gasteiger partial charge >= 0.3 is 0 Å². The number of hydrogen-bond donors (Lipinski definition) is 0. The number of Topliss-reactive ketones (excluding diaryl/α,β-unsaturated/α-hetero) is 1. The van der Waals surface area contributed by atoms with Crippen molar-refractivity contribution < 1.29 is 9.53 Å². The van der Waals surface area contributed by atoms with E-state index in [4.69, 9.17) is 4.74 Å². The summed E-state index contributed by atoms with van der Waals surface area (Å²) in [5, 5.41) is 1.12. The molecule has 2 heterocycles. The van der Waals surface area contributed by atoms with Crippen molar-refractivity contribution in [3.05, 3.63) is 47.0 Å². The molecule has 0 N–H and O–H groups in total. The average Bonchev–Trinajstić information content (AvgIpc) is 2.82. The first-order valence-electron chi connectivity index (χ1n) is 5.71. The first kappa shape index (κ1) is 10.5. The second kappa shape index (κ2) is 4.34. The van der Waals surface area contributed by atoms with Crippen LogP contribution in [0.2, 0.25) is 0 Å². The summed E-state index contributed by atoms with van der Waals surface area (Å²) in [6, 6.07) is 9.98. The van der Waals surface area contributed by atoms with Gasteiger partial charge in [0.25, 0.3) is 0 Å². The molecule has 86 valence electrons. The number of benzene rings is 1. The highest BCUT2D eigenvalue weighted by atomic mass is 32.1. The van der Waals surface area contributed by atoms with Crippen LogP contribution in [0.15, 0.2) is 42.2 Å². The SMILES string of the molecule is O=C(C1=CCCCO1)c1cc2ccccc2s1. The third-order valence-electron chi connectivity index (χ3n) is 2.81. The molecule has 3 rings (SSSR count). The number of carbonyl (C=O) groups excluding carboxylic acids is 1. The van der Waals surface area contributed by atoms with Gasteiger partial charge in [0.05, 0.1) is 11.5 Å². The molecule has 0 spiro atoms. The average molecular weight is 244 g/mol. The van der Waals surface area contributed by atoms with Gasteiger partial charge in [0.1, 0.15) is 0 Å². The van der Waals surface area contributed by atoms with Gasteiger partial charge in [-0.1, -0.05) is 18.2 Å². The van der Waals surface area contributed by atoms with Crippen LogP contribution in [0.4, 0.5) is 0 Å². The Balaban J connectivity index is 1.98. The first-order valence-corrected chi connectivity index (χ1v) is 6.52. The van der Waals surface area contributed by atoms with Crippen molar-refractivity contribution in [2.75, 3.05) is 6.61 Å². The number of ether oxygens (including phenoxy) is 1. The molecule has 0 bridgehead atoms. The molecule has 3 heteroatoms. The Kier molecular flexibility index (Phi) is 2.69. The smallest absolute Gasteiger partial charge is 0.237 e. The van der Waals surface area contributed by atoms with Gasteiger partial charge in [-0.15, -0.1) is 11.3 Å². The minimum atomic E-state index is 0.0194. The van der Waals surface area contributed by atoms with Crippen LogP contribution in [0.5, 0.6) is 0 Å². The lowest BCUT2D eigenvalue weighted by Crippen LogP contribution is -2.10. The molecular formula is C14H12O2S. The van der Waals surface area contributed by atoms with Crippen molar-refractivity contribution in [1.82, 2.24) is 0 Å². The summed E-state index contributed by atoms with van der Waals surface area (Å²) in [7, 11) is 0. The van der Waals surface area contributed by atoms with E-state index in [-0.39, 0.29) is 5.78 Å². The van der Waals surface area contributed by atoms with Gasteiger partial charge in [-0.25, -0.2) is 0 Å². The van der Waals surface area contributed by atoms with Crippen molar-refractivity contribution in [2.24, 2.45) is 0 Å². The molecule has 0 fully saturated rings. The first-order chi connectivity index (χ1) is 8.34. The molecule has 0 aliphatic carbocycles. The van der Waals surface area contributed by atoms with Crippen molar-refractivity contribution in [1.29, 1.82) is 0 Å². The summed E-state index contributed by atoms with van der Waals surface area (Å²) in [5.41, 5.74) is 0. The van der Waals surface area contributed by atoms with Gasteiger partial charge in [0.2, 0.25) is 5.78 Å². The van der Waals surface area contributed by atoms with Crippen molar-refractivity contribution in [2.45, 2.75) is 12.8 Å². The maximum absolute atomic E-state index is 12.2. The Labute approximate surface area is 104 Å². The number of allylic oxidation sites excluding steroid dienone is 2. The van der Waals surface area contributed by atoms with Gasteiger partial charge in [0, 0.05) is 4.70 Å². The van der Waals surface area contributed by atoms with Crippen molar-refractivity contribution in [3.63, 3.8) is 0 Å². The molecule has 1 aromatic heterocycles. The van der Waals surface area contributed by atoms with E-state index < -0.39 is 0 Å². The van der Waals surface area contributed by atoms with Crippen molar-refractivity contribution >= 4 is 27.2 Å². The van der Waals surface area contributed by atoms with Crippen LogP contribution < -0.4 is 0 Å². The van der Waals surface area contributed by atoms with Crippen LogP contribution in [-0.2, 0) is 4.74 Å². The van der Waals surface area contributed by atoms with Crippen LogP contribution >= 0.6 is 11.3 Å². The van der Waals surface area contributed by atoms with E-state index in [0.29, 0.717) is 12.4 Å². The normalized spacial score (nSPS) is 15.4. The van der Waals surface area contributed by atoms with Gasteiger partial charge in [0.15, 0.2) is 5.76 Å². The Morgan fingerprint density at radius 3 is 2.94 bits per heavy atom. The summed E-state index contributed by atoms with van der Waals surface area (Å²) in [6.07, 6.45) is 3.84. The zero-order chi connectivity index (χ0) is 11.7. The fourth-order valence-electron chi connectivity index (χ4n) is 1.93. The minimum absolute atomic E-state index is 0.0194. The zero-order valence-corrected chi connectivity index (χ0v) is 10.1. The molecule has 1 aromatic carbocycles. The maximum Gasteiger partial charge on any atom is 0.237 e. The van der Waals surface area contributed by atoms with E-state index >= 15 is 0 Å². The number of fused-ring (bicyclic) bond motifs is 1. The zero-order valence-electron chi connectivity index (χ0n) is 9.31. The monoisotopic (exact) mass is 244 g/mol. The van der Waals surface area contributed by atoms with Gasteiger partial charge in [-0.05, 0) is 36.4 Å². The molecule has 2 aromatic rings. The lowest BCUT2D eigenvalue weighted by molar-refractivity contribution is 0.0903. The molecule has 17 heavy (non-hydrogen) atoms. The number of thiophene rings is 1. The number of carbonyl (C=O) groups is 1. The Bertz CT molecular complexity index is 562. The summed E-state index contributed by atoms with van der Waals surface area (Å²) in [5.74, 6) is 0.536. The summed E-state index contributed by atoms with van der Waals surface area (Å²) in [6.45, 7) is 0.655. The van der Waals surface area contributed by atoms with Crippen LogP contribution in [0.25, 0.3) is 10.1 Å². The topological polar surface area (TPSA) is 26.3 Å². The minimum Gasteiger partial charge on any atom is -0.490 e. The number of ketones is 1. The number of hydrogen-bond acceptors (Lipinski definition) is 3. The van der Waals surface area contributed by atoms with Gasteiger partial charge in [-0.3, -0.25) is 4.79 Å². The Morgan fingerprint density at radius 2 is 2.18 bits per heavy atom. The molecule has 2 nitrogen and oxygen atoms in total. The molecular weight excluding hydrogens is 232 g/mol. The van der Waals surface area contributed by atoms with E-state index in [1.54, 1.807) is 0 Å². The number of rotatable bonds is 2. The maximum atomic E-state index is 12.2. The van der Waals surface area contributed by atoms with Crippen LogP contribution in [0, 0.1) is 0 Å². The summed E-state index contributed by atoms with van der Waals surface area (Å²) in [4.78, 5) is 12.9. The molecule has 0 saturated carbocycles. The highest BCUT2D eigenvalue weighted by Crippen LogP contribution is 2.28. The predicted molar refractivity (Wildman–Crippen MR) is 69.4 cm³/mol. The van der Waals surface area contributed by atoms with E-state index in [1.165, 1.54) is 11.3 Å². The van der Waals surface area contributed by atoms with Crippen LogP contribution in [-0.4, -0.2) is 12.4 Å². The fourth-order valence-corrected chi connectivity index (χ4v) is 2.94. The van der Waals surface area contributed by atoms with Gasteiger partial charge in [-0.2, -0.15) is 0 Å². The Hall–Kier alpha value is -1.61. The lowest BCUT2D eigenvalue weighted by Gasteiger charge is -2.12. The third-order valence-corrected chi connectivity index (χ3v) is 3.92. The van der Waals surface area contributed by atoms with Crippen LogP contribution in [0.3, 0.4) is 0 Å². The van der Waals surface area contributed by atoms with E-state index in [1.807, 2.05) is 36.4 Å². The molecule has 0 atom stereocenters. The quantitative estimate of drug-likeness (QED) is 0.751. The third kappa shape index (κ3) is 1.98. The molecule has 1 aliphatic rings. The summed E-state index contributed by atoms with van der Waals surface area (Å²) >= 11 is 1.53. The standard InChI is InChI=1S/C14H12O2S/c15-14(11-6-3-4-8-16-11)13-9-10-5-1-2-7-12(10)17-13/h1-2,5-7,9H,3-4,8H2. The predicted octanol–water partition coefficient (Wildman–Crippen LogP) is 3.78. The van der Waals surface area contributed by atoms with E-state index in [2.05, 4.69) is 0 Å². The molecule has 0 radical (unpaired) electrons. The van der Waals surface area contributed by atoms with E-state index in [0.717, 1.165) is 27.8 Å². The lowest BCUT2D eigenvalue weighted by atomic mass is 10.1. The molecule has 0 saturated heterocycles. The van der Waals surface area contributed by atoms with Gasteiger partial charge < -0.3 is 4.74 Å². The molecule has 0 amide bonds. The van der Waals surface area contributed by atoms with Crippen LogP contribution in [0.1, 0.15) is 22.5 Å². The fraction of sp³-hybridized carbons (Fsp3) is 0.214. The largest absolute Gasteiger partial charge is 0.490 e. The molecule has 1 aliphatic heterocycles. The molecule has 0 unspecified atom stereocenters. The highest BCUT2D eigenvalue weighted by molar-refractivity contribution is 7.21. The second-order valence-electron chi connectivity index (χ2n) is 4.04. The van der Waals surface area contributed by atoms with Crippen molar-refractivity contribution in [3.8, 4) is 0 Å².